The lowest BCUT2D eigenvalue weighted by Crippen LogP contribution is -2.27. The summed E-state index contributed by atoms with van der Waals surface area (Å²) in [6.45, 7) is 6.28. The Morgan fingerprint density at radius 3 is 2.31 bits per heavy atom. The van der Waals surface area contributed by atoms with Crippen LogP contribution in [0.3, 0.4) is 0 Å². The molecule has 2 rings (SSSR count). The summed E-state index contributed by atoms with van der Waals surface area (Å²) in [6.07, 6.45) is 5.61. The van der Waals surface area contributed by atoms with Crippen LogP contribution in [-0.2, 0) is 5.41 Å². The van der Waals surface area contributed by atoms with Crippen LogP contribution in [0.2, 0.25) is 0 Å². The molecule has 0 bridgehead atoms. The molecule has 0 atom stereocenters. The Hall–Kier alpha value is -1.45. The van der Waals surface area contributed by atoms with Gasteiger partial charge in [0.2, 0.25) is 5.82 Å². The summed E-state index contributed by atoms with van der Waals surface area (Å²) in [4.78, 5) is 19.8. The number of hydrogen-bond acceptors (Lipinski definition) is 3. The molecule has 1 aromatic heterocycles. The van der Waals surface area contributed by atoms with Crippen LogP contribution in [0, 0.1) is 0 Å². The highest BCUT2D eigenvalue weighted by molar-refractivity contribution is 5.90. The fraction of sp³-hybridized carbons (Fsp3) is 0.583. The molecule has 0 saturated heterocycles. The van der Waals surface area contributed by atoms with Crippen LogP contribution < -0.4 is 5.32 Å². The minimum atomic E-state index is -0.164. The van der Waals surface area contributed by atoms with Gasteiger partial charge in [0.05, 0.1) is 0 Å². The average molecular weight is 219 g/mol. The molecule has 0 aliphatic heterocycles. The van der Waals surface area contributed by atoms with Gasteiger partial charge < -0.3 is 5.32 Å². The first-order valence-corrected chi connectivity index (χ1v) is 5.60. The SMILES string of the molecule is CC(C)(C)c1cnc(C(=O)NC2CC2)nc1. The molecule has 4 nitrogen and oxygen atoms in total. The quantitative estimate of drug-likeness (QED) is 0.823. The summed E-state index contributed by atoms with van der Waals surface area (Å²) < 4.78 is 0. The van der Waals surface area contributed by atoms with E-state index < -0.39 is 0 Å². The summed E-state index contributed by atoms with van der Waals surface area (Å²) in [5.74, 6) is 0.0999. The number of nitrogens with one attached hydrogen (secondary N) is 1. The first kappa shape index (κ1) is 11.0. The lowest BCUT2D eigenvalue weighted by atomic mass is 9.89. The predicted octanol–water partition coefficient (Wildman–Crippen LogP) is 1.67. The maximum atomic E-state index is 11.6. The minimum absolute atomic E-state index is 0.0193. The van der Waals surface area contributed by atoms with E-state index in [4.69, 9.17) is 0 Å². The Kier molecular flexibility index (Phi) is 2.66. The topological polar surface area (TPSA) is 54.9 Å². The molecule has 86 valence electrons. The van der Waals surface area contributed by atoms with Gasteiger partial charge in [0.25, 0.3) is 5.91 Å². The molecule has 0 aromatic carbocycles. The molecule has 1 aliphatic carbocycles. The van der Waals surface area contributed by atoms with Crippen LogP contribution in [0.1, 0.15) is 49.8 Å². The Morgan fingerprint density at radius 1 is 1.31 bits per heavy atom. The molecule has 0 spiro atoms. The van der Waals surface area contributed by atoms with Gasteiger partial charge in [0, 0.05) is 18.4 Å². The molecule has 0 radical (unpaired) electrons. The molecule has 1 amide bonds. The monoisotopic (exact) mass is 219 g/mol. The second-order valence-corrected chi connectivity index (χ2v) is 5.29. The first-order valence-electron chi connectivity index (χ1n) is 5.60. The number of carbonyl (C=O) groups is 1. The van der Waals surface area contributed by atoms with E-state index in [1.54, 1.807) is 12.4 Å². The zero-order valence-electron chi connectivity index (χ0n) is 9.95. The van der Waals surface area contributed by atoms with Gasteiger partial charge in [-0.1, -0.05) is 20.8 Å². The number of carbonyl (C=O) groups excluding carboxylic acids is 1. The number of hydrogen-bond donors (Lipinski definition) is 1. The largest absolute Gasteiger partial charge is 0.347 e. The highest BCUT2D eigenvalue weighted by Gasteiger charge is 2.25. The van der Waals surface area contributed by atoms with Crippen LogP contribution in [0.15, 0.2) is 12.4 Å². The molecular weight excluding hydrogens is 202 g/mol. The molecule has 1 N–H and O–H groups in total. The van der Waals surface area contributed by atoms with Crippen molar-refractivity contribution in [2.75, 3.05) is 0 Å². The van der Waals surface area contributed by atoms with E-state index in [2.05, 4.69) is 36.1 Å². The van der Waals surface area contributed by atoms with Crippen LogP contribution >= 0.6 is 0 Å². The van der Waals surface area contributed by atoms with Gasteiger partial charge in [0.1, 0.15) is 0 Å². The van der Waals surface area contributed by atoms with E-state index in [9.17, 15) is 4.79 Å². The second kappa shape index (κ2) is 3.85. The van der Waals surface area contributed by atoms with Crippen molar-refractivity contribution in [3.8, 4) is 0 Å². The third-order valence-electron chi connectivity index (χ3n) is 2.63. The van der Waals surface area contributed by atoms with Gasteiger partial charge in [-0.25, -0.2) is 9.97 Å². The Morgan fingerprint density at radius 2 is 1.88 bits per heavy atom. The number of amides is 1. The smallest absolute Gasteiger partial charge is 0.289 e. The molecule has 4 heteroatoms. The van der Waals surface area contributed by atoms with Gasteiger partial charge in [-0.3, -0.25) is 4.79 Å². The van der Waals surface area contributed by atoms with Crippen molar-refractivity contribution in [2.24, 2.45) is 0 Å². The van der Waals surface area contributed by atoms with Crippen molar-refractivity contribution in [3.63, 3.8) is 0 Å². The number of aromatic nitrogens is 2. The zero-order valence-corrected chi connectivity index (χ0v) is 9.95. The van der Waals surface area contributed by atoms with E-state index in [-0.39, 0.29) is 17.1 Å². The van der Waals surface area contributed by atoms with E-state index in [1.165, 1.54) is 0 Å². The highest BCUT2D eigenvalue weighted by atomic mass is 16.2. The van der Waals surface area contributed by atoms with Crippen molar-refractivity contribution in [1.82, 2.24) is 15.3 Å². The summed E-state index contributed by atoms with van der Waals surface area (Å²) >= 11 is 0. The molecule has 1 saturated carbocycles. The van der Waals surface area contributed by atoms with E-state index in [0.717, 1.165) is 18.4 Å². The fourth-order valence-corrected chi connectivity index (χ4v) is 1.31. The third-order valence-corrected chi connectivity index (χ3v) is 2.63. The standard InChI is InChI=1S/C12H17N3O/c1-12(2,3)8-6-13-10(14-7-8)11(16)15-9-4-5-9/h6-7,9H,4-5H2,1-3H3,(H,15,16). The van der Waals surface area contributed by atoms with Crippen LogP contribution in [0.25, 0.3) is 0 Å². The molecule has 1 fully saturated rings. The molecular formula is C12H17N3O. The van der Waals surface area contributed by atoms with E-state index >= 15 is 0 Å². The molecule has 1 aliphatic rings. The maximum absolute atomic E-state index is 11.6. The summed E-state index contributed by atoms with van der Waals surface area (Å²) in [6, 6.07) is 0.346. The van der Waals surface area contributed by atoms with Gasteiger partial charge in [-0.15, -0.1) is 0 Å². The van der Waals surface area contributed by atoms with Crippen molar-refractivity contribution < 1.29 is 4.79 Å². The lowest BCUT2D eigenvalue weighted by Gasteiger charge is -2.17. The fourth-order valence-electron chi connectivity index (χ4n) is 1.31. The van der Waals surface area contributed by atoms with Crippen LogP contribution in [0.4, 0.5) is 0 Å². The van der Waals surface area contributed by atoms with E-state index in [0.29, 0.717) is 6.04 Å². The van der Waals surface area contributed by atoms with Gasteiger partial charge in [0.15, 0.2) is 0 Å². The Labute approximate surface area is 95.5 Å². The number of nitrogens with zero attached hydrogens (tertiary/aromatic N) is 2. The van der Waals surface area contributed by atoms with Gasteiger partial charge in [-0.2, -0.15) is 0 Å². The second-order valence-electron chi connectivity index (χ2n) is 5.29. The minimum Gasteiger partial charge on any atom is -0.347 e. The van der Waals surface area contributed by atoms with Gasteiger partial charge >= 0.3 is 0 Å². The summed E-state index contributed by atoms with van der Waals surface area (Å²) in [7, 11) is 0. The third kappa shape index (κ3) is 2.56. The Bertz CT molecular complexity index is 388. The summed E-state index contributed by atoms with van der Waals surface area (Å²) in [5.41, 5.74) is 1.06. The van der Waals surface area contributed by atoms with Crippen LogP contribution in [0.5, 0.6) is 0 Å². The number of rotatable bonds is 2. The normalized spacial score (nSPS) is 15.9. The molecule has 1 heterocycles. The lowest BCUT2D eigenvalue weighted by molar-refractivity contribution is 0.0940. The van der Waals surface area contributed by atoms with Crippen molar-refractivity contribution in [3.05, 3.63) is 23.8 Å². The van der Waals surface area contributed by atoms with E-state index in [1.807, 2.05) is 0 Å². The maximum Gasteiger partial charge on any atom is 0.289 e. The van der Waals surface area contributed by atoms with Crippen molar-refractivity contribution in [2.45, 2.75) is 45.1 Å². The van der Waals surface area contributed by atoms with Gasteiger partial charge in [-0.05, 0) is 23.8 Å². The highest BCUT2D eigenvalue weighted by Crippen LogP contribution is 2.21. The molecule has 16 heavy (non-hydrogen) atoms. The van der Waals surface area contributed by atoms with Crippen molar-refractivity contribution >= 4 is 5.91 Å². The van der Waals surface area contributed by atoms with Crippen molar-refractivity contribution in [1.29, 1.82) is 0 Å². The molecule has 1 aromatic rings. The predicted molar refractivity (Wildman–Crippen MR) is 61.2 cm³/mol. The average Bonchev–Trinajstić information content (AvgIpc) is 3.00. The zero-order chi connectivity index (χ0) is 11.8. The van der Waals surface area contributed by atoms with Crippen LogP contribution in [-0.4, -0.2) is 21.9 Å². The summed E-state index contributed by atoms with van der Waals surface area (Å²) in [5, 5.41) is 2.86. The first-order chi connectivity index (χ1) is 7.47. The Balaban J connectivity index is 2.09. The molecule has 0 unspecified atom stereocenters.